The van der Waals surface area contributed by atoms with Gasteiger partial charge in [0, 0.05) is 22.9 Å². The van der Waals surface area contributed by atoms with Crippen LogP contribution in [0.3, 0.4) is 0 Å². The van der Waals surface area contributed by atoms with Gasteiger partial charge in [-0.2, -0.15) is 0 Å². The molecule has 0 aromatic heterocycles. The second-order valence-electron chi connectivity index (χ2n) is 8.37. The third kappa shape index (κ3) is 3.59. The number of nitrogens with zero attached hydrogens (tertiary/aromatic N) is 1. The lowest BCUT2D eigenvalue weighted by Gasteiger charge is -2.44. The van der Waals surface area contributed by atoms with Crippen LogP contribution in [0.15, 0.2) is 60.7 Å². The number of aliphatic hydroxyl groups is 1. The van der Waals surface area contributed by atoms with Crippen LogP contribution in [0.4, 0.5) is 0 Å². The summed E-state index contributed by atoms with van der Waals surface area (Å²) >= 11 is 12.0. The van der Waals surface area contributed by atoms with Crippen molar-refractivity contribution in [3.05, 3.63) is 81.9 Å². The van der Waals surface area contributed by atoms with Crippen LogP contribution < -0.4 is 0 Å². The maximum Gasteiger partial charge on any atom is 0.347 e. The minimum atomic E-state index is -1.94. The van der Waals surface area contributed by atoms with Gasteiger partial charge in [-0.25, -0.2) is 4.79 Å². The zero-order chi connectivity index (χ0) is 20.8. The molecule has 0 saturated carbocycles. The Hall–Kier alpha value is -1.85. The molecule has 1 fully saturated rings. The minimum Gasteiger partial charge on any atom is -0.459 e. The van der Waals surface area contributed by atoms with Crippen LogP contribution in [-0.2, 0) is 15.1 Å². The summed E-state index contributed by atoms with van der Waals surface area (Å²) in [7, 11) is 4.40. The van der Waals surface area contributed by atoms with Crippen LogP contribution in [0.25, 0.3) is 0 Å². The Balaban J connectivity index is 1.64. The van der Waals surface area contributed by atoms with E-state index < -0.39 is 11.6 Å². The zero-order valence-corrected chi connectivity index (χ0v) is 17.9. The van der Waals surface area contributed by atoms with E-state index in [4.69, 9.17) is 27.9 Å². The third-order valence-corrected chi connectivity index (χ3v) is 6.87. The molecule has 0 amide bonds. The van der Waals surface area contributed by atoms with Crippen molar-refractivity contribution < 1.29 is 19.1 Å². The molecule has 29 heavy (non-hydrogen) atoms. The molecular weight excluding hydrogens is 409 g/mol. The van der Waals surface area contributed by atoms with Crippen LogP contribution in [0.1, 0.15) is 24.0 Å². The molecule has 2 bridgehead atoms. The van der Waals surface area contributed by atoms with Crippen molar-refractivity contribution in [1.29, 1.82) is 0 Å². The third-order valence-electron chi connectivity index (χ3n) is 6.37. The number of benzene rings is 2. The van der Waals surface area contributed by atoms with Crippen LogP contribution in [0.5, 0.6) is 0 Å². The summed E-state index contributed by atoms with van der Waals surface area (Å²) in [5.41, 5.74) is -1.13. The number of quaternary nitrogens is 1. The lowest BCUT2D eigenvalue weighted by atomic mass is 9.86. The number of carbonyl (C=O) groups excluding carboxylic acids is 1. The number of likely N-dealkylation sites (N-methyl/N-ethyl adjacent to an activating group) is 1. The number of fused-ring (bicyclic) bond motifs is 2. The Morgan fingerprint density at radius 1 is 0.931 bits per heavy atom. The fourth-order valence-electron chi connectivity index (χ4n) is 4.40. The average Bonchev–Trinajstić information content (AvgIpc) is 2.85. The Morgan fingerprint density at radius 2 is 1.34 bits per heavy atom. The first-order valence-electron chi connectivity index (χ1n) is 9.68. The number of hydrogen-bond acceptors (Lipinski definition) is 3. The lowest BCUT2D eigenvalue weighted by Crippen LogP contribution is -2.57. The van der Waals surface area contributed by atoms with Gasteiger partial charge in [0.15, 0.2) is 0 Å². The van der Waals surface area contributed by atoms with Gasteiger partial charge in [0.2, 0.25) is 5.60 Å². The standard InChI is InChI=1S/C23H24Cl2NO3/c1-26(2)19-11-12-20(26)14-21(13-19)29-22(27)23(28,15-3-7-17(24)8-4-15)16-5-9-18(25)10-6-16/h3-12,19-21,28H,13-14H2,1-2H3/q+1/t19-,20?,21?/m1/s1. The van der Waals surface area contributed by atoms with E-state index in [2.05, 4.69) is 26.2 Å². The largest absolute Gasteiger partial charge is 0.459 e. The van der Waals surface area contributed by atoms with Crippen molar-refractivity contribution in [2.24, 2.45) is 0 Å². The van der Waals surface area contributed by atoms with Gasteiger partial charge in [-0.3, -0.25) is 0 Å². The topological polar surface area (TPSA) is 46.5 Å². The predicted molar refractivity (Wildman–Crippen MR) is 114 cm³/mol. The summed E-state index contributed by atoms with van der Waals surface area (Å²) in [5, 5.41) is 12.7. The highest BCUT2D eigenvalue weighted by Crippen LogP contribution is 2.38. The van der Waals surface area contributed by atoms with Gasteiger partial charge >= 0.3 is 5.97 Å². The van der Waals surface area contributed by atoms with Crippen molar-refractivity contribution >= 4 is 29.2 Å². The van der Waals surface area contributed by atoms with Gasteiger partial charge in [-0.1, -0.05) is 47.5 Å². The molecule has 2 aromatic rings. The van der Waals surface area contributed by atoms with E-state index in [1.54, 1.807) is 48.5 Å². The number of carbonyl (C=O) groups is 1. The second kappa shape index (κ2) is 7.44. The summed E-state index contributed by atoms with van der Waals surface area (Å²) in [6, 6.07) is 13.8. The molecular formula is C23H24Cl2NO3+. The van der Waals surface area contributed by atoms with E-state index >= 15 is 0 Å². The molecule has 2 aliphatic rings. The molecule has 3 atom stereocenters. The highest BCUT2D eigenvalue weighted by Gasteiger charge is 2.49. The fraction of sp³-hybridized carbons (Fsp3) is 0.348. The molecule has 0 spiro atoms. The van der Waals surface area contributed by atoms with Crippen molar-refractivity contribution in [2.45, 2.75) is 36.6 Å². The molecule has 6 heteroatoms. The molecule has 0 radical (unpaired) electrons. The minimum absolute atomic E-state index is 0.246. The summed E-state index contributed by atoms with van der Waals surface area (Å²) in [6.07, 6.45) is 5.66. The second-order valence-corrected chi connectivity index (χ2v) is 9.24. The Bertz CT molecular complexity index is 874. The molecule has 4 rings (SSSR count). The normalized spacial score (nSPS) is 25.1. The molecule has 0 aliphatic carbocycles. The number of esters is 1. The average molecular weight is 433 g/mol. The summed E-state index contributed by atoms with van der Waals surface area (Å²) < 4.78 is 6.78. The van der Waals surface area contributed by atoms with Gasteiger partial charge in [-0.15, -0.1) is 0 Å². The van der Waals surface area contributed by atoms with Gasteiger partial charge in [0.25, 0.3) is 0 Å². The Labute approximate surface area is 180 Å². The number of piperidine rings is 1. The zero-order valence-electron chi connectivity index (χ0n) is 16.4. The SMILES string of the molecule is C[N+]1(C)C2C=C[C@@H]1CC(OC(=O)C(O)(c1ccc(Cl)cc1)c1ccc(Cl)cc1)C2. The molecule has 1 N–H and O–H groups in total. The smallest absolute Gasteiger partial charge is 0.347 e. The molecule has 2 aliphatic heterocycles. The van der Waals surface area contributed by atoms with Crippen LogP contribution in [0, 0.1) is 0 Å². The lowest BCUT2D eigenvalue weighted by molar-refractivity contribution is -0.926. The molecule has 2 aromatic carbocycles. The van der Waals surface area contributed by atoms with E-state index in [0.29, 0.717) is 33.3 Å². The van der Waals surface area contributed by atoms with E-state index in [0.717, 1.165) is 17.3 Å². The Kier molecular flexibility index (Phi) is 5.24. The van der Waals surface area contributed by atoms with Crippen LogP contribution in [-0.4, -0.2) is 47.8 Å². The number of hydrogen-bond donors (Lipinski definition) is 1. The first-order chi connectivity index (χ1) is 13.7. The van der Waals surface area contributed by atoms with Gasteiger partial charge in [0.05, 0.1) is 14.1 Å². The van der Waals surface area contributed by atoms with Crippen molar-refractivity contribution in [2.75, 3.05) is 14.1 Å². The molecule has 2 unspecified atom stereocenters. The highest BCUT2D eigenvalue weighted by molar-refractivity contribution is 6.30. The first kappa shape index (κ1) is 20.4. The van der Waals surface area contributed by atoms with Crippen molar-refractivity contribution in [1.82, 2.24) is 0 Å². The maximum atomic E-state index is 13.3. The van der Waals surface area contributed by atoms with Crippen molar-refractivity contribution in [3.8, 4) is 0 Å². The van der Waals surface area contributed by atoms with E-state index in [9.17, 15) is 9.90 Å². The maximum absolute atomic E-state index is 13.3. The molecule has 2 heterocycles. The van der Waals surface area contributed by atoms with Gasteiger partial charge in [0.1, 0.15) is 18.2 Å². The van der Waals surface area contributed by atoms with Gasteiger partial charge in [-0.05, 0) is 47.5 Å². The summed E-state index contributed by atoms with van der Waals surface area (Å²) in [5.74, 6) is -0.682. The summed E-state index contributed by atoms with van der Waals surface area (Å²) in [4.78, 5) is 13.3. The molecule has 4 nitrogen and oxygen atoms in total. The fourth-order valence-corrected chi connectivity index (χ4v) is 4.65. The quantitative estimate of drug-likeness (QED) is 0.444. The highest BCUT2D eigenvalue weighted by atomic mass is 35.5. The van der Waals surface area contributed by atoms with Gasteiger partial charge < -0.3 is 14.3 Å². The number of halogens is 2. The van der Waals surface area contributed by atoms with E-state index in [1.165, 1.54) is 0 Å². The van der Waals surface area contributed by atoms with Crippen LogP contribution in [0.2, 0.25) is 10.0 Å². The van der Waals surface area contributed by atoms with Crippen molar-refractivity contribution in [3.63, 3.8) is 0 Å². The monoisotopic (exact) mass is 432 g/mol. The first-order valence-corrected chi connectivity index (χ1v) is 10.4. The number of ether oxygens (including phenoxy) is 1. The molecule has 1 saturated heterocycles. The van der Waals surface area contributed by atoms with E-state index in [-0.39, 0.29) is 6.10 Å². The van der Waals surface area contributed by atoms with E-state index in [1.807, 2.05) is 0 Å². The summed E-state index contributed by atoms with van der Waals surface area (Å²) in [6.45, 7) is 0. The Morgan fingerprint density at radius 3 is 1.76 bits per heavy atom. The van der Waals surface area contributed by atoms with Crippen LogP contribution >= 0.6 is 23.2 Å². The molecule has 152 valence electrons. The number of rotatable bonds is 4. The predicted octanol–water partition coefficient (Wildman–Crippen LogP) is 4.32.